The molecule has 3 rings (SSSR count). The number of rotatable bonds is 6. The fourth-order valence-electron chi connectivity index (χ4n) is 3.27. The molecular formula is C17H26N2O. The minimum Gasteiger partial charge on any atom is -0.396 e. The average Bonchev–Trinajstić information content (AvgIpc) is 3.27. The van der Waals surface area contributed by atoms with Gasteiger partial charge in [0.25, 0.3) is 0 Å². The van der Waals surface area contributed by atoms with Gasteiger partial charge in [-0.15, -0.1) is 0 Å². The van der Waals surface area contributed by atoms with Crippen molar-refractivity contribution in [2.75, 3.05) is 31.1 Å². The molecule has 0 spiro atoms. The highest BCUT2D eigenvalue weighted by Gasteiger charge is 2.41. The second-order valence-corrected chi connectivity index (χ2v) is 6.45. The van der Waals surface area contributed by atoms with Crippen molar-refractivity contribution < 1.29 is 5.11 Å². The quantitative estimate of drug-likeness (QED) is 0.836. The molecule has 0 unspecified atom stereocenters. The largest absolute Gasteiger partial charge is 0.396 e. The Morgan fingerprint density at radius 2 is 1.85 bits per heavy atom. The van der Waals surface area contributed by atoms with Crippen molar-refractivity contribution in [1.29, 1.82) is 0 Å². The predicted molar refractivity (Wildman–Crippen MR) is 83.0 cm³/mol. The molecule has 3 nitrogen and oxygen atoms in total. The molecule has 1 saturated heterocycles. The van der Waals surface area contributed by atoms with Gasteiger partial charge in [-0.25, -0.2) is 0 Å². The van der Waals surface area contributed by atoms with Crippen molar-refractivity contribution in [2.45, 2.75) is 38.1 Å². The van der Waals surface area contributed by atoms with Crippen molar-refractivity contribution in [3.8, 4) is 0 Å². The van der Waals surface area contributed by atoms with Crippen molar-refractivity contribution in [1.82, 2.24) is 5.32 Å². The lowest BCUT2D eigenvalue weighted by atomic mass is 10.00. The Hall–Kier alpha value is -1.06. The van der Waals surface area contributed by atoms with Crippen LogP contribution in [0.25, 0.3) is 0 Å². The molecular weight excluding hydrogens is 248 g/mol. The fourth-order valence-corrected chi connectivity index (χ4v) is 3.27. The van der Waals surface area contributed by atoms with Crippen LogP contribution in [0.1, 0.15) is 32.1 Å². The number of hydrogen-bond acceptors (Lipinski definition) is 3. The maximum absolute atomic E-state index is 9.11. The normalized spacial score (nSPS) is 21.9. The molecule has 1 aliphatic carbocycles. The van der Waals surface area contributed by atoms with Crippen LogP contribution in [-0.4, -0.2) is 37.4 Å². The fraction of sp³-hybridized carbons (Fsp3) is 0.647. The van der Waals surface area contributed by atoms with Gasteiger partial charge in [-0.2, -0.15) is 0 Å². The van der Waals surface area contributed by atoms with Crippen LogP contribution in [0.5, 0.6) is 0 Å². The Labute approximate surface area is 122 Å². The van der Waals surface area contributed by atoms with Crippen molar-refractivity contribution in [3.63, 3.8) is 0 Å². The van der Waals surface area contributed by atoms with Gasteiger partial charge in [-0.3, -0.25) is 0 Å². The minimum atomic E-state index is 0.341. The SMILES string of the molecule is OCCC1(CNC2CCN(c3ccccc3)CC2)CC1. The summed E-state index contributed by atoms with van der Waals surface area (Å²) >= 11 is 0. The first-order valence-electron chi connectivity index (χ1n) is 7.96. The van der Waals surface area contributed by atoms with E-state index in [0.29, 0.717) is 18.1 Å². The van der Waals surface area contributed by atoms with Crippen LogP contribution < -0.4 is 10.2 Å². The molecule has 2 N–H and O–H groups in total. The third-order valence-electron chi connectivity index (χ3n) is 4.98. The number of benzene rings is 1. The number of nitrogens with zero attached hydrogens (tertiary/aromatic N) is 1. The lowest BCUT2D eigenvalue weighted by Gasteiger charge is -2.34. The van der Waals surface area contributed by atoms with Crippen LogP contribution in [0.3, 0.4) is 0 Å². The first-order valence-corrected chi connectivity index (χ1v) is 7.96. The number of aliphatic hydroxyl groups is 1. The number of para-hydroxylation sites is 1. The molecule has 1 aliphatic heterocycles. The molecule has 1 aromatic carbocycles. The standard InChI is InChI=1S/C17H26N2O/c20-13-10-17(8-9-17)14-18-15-6-11-19(12-7-15)16-4-2-1-3-5-16/h1-5,15,18,20H,6-14H2. The van der Waals surface area contributed by atoms with E-state index in [4.69, 9.17) is 5.11 Å². The summed E-state index contributed by atoms with van der Waals surface area (Å²) in [5.41, 5.74) is 1.79. The maximum atomic E-state index is 9.11. The van der Waals surface area contributed by atoms with Gasteiger partial charge in [-0.05, 0) is 49.7 Å². The van der Waals surface area contributed by atoms with E-state index < -0.39 is 0 Å². The van der Waals surface area contributed by atoms with Gasteiger partial charge in [0.2, 0.25) is 0 Å². The third-order valence-corrected chi connectivity index (χ3v) is 4.98. The molecule has 1 saturated carbocycles. The highest BCUT2D eigenvalue weighted by atomic mass is 16.3. The first-order chi connectivity index (χ1) is 9.81. The zero-order valence-electron chi connectivity index (χ0n) is 12.2. The zero-order chi connectivity index (χ0) is 13.8. The summed E-state index contributed by atoms with van der Waals surface area (Å²) in [5.74, 6) is 0. The van der Waals surface area contributed by atoms with Crippen LogP contribution >= 0.6 is 0 Å². The van der Waals surface area contributed by atoms with E-state index in [2.05, 4.69) is 40.5 Å². The van der Waals surface area contributed by atoms with Gasteiger partial charge in [0.15, 0.2) is 0 Å². The van der Waals surface area contributed by atoms with Crippen LogP contribution in [0, 0.1) is 5.41 Å². The molecule has 0 aromatic heterocycles. The van der Waals surface area contributed by atoms with Gasteiger partial charge in [0, 0.05) is 38.0 Å². The van der Waals surface area contributed by atoms with Gasteiger partial charge >= 0.3 is 0 Å². The second-order valence-electron chi connectivity index (χ2n) is 6.45. The van der Waals surface area contributed by atoms with Crippen LogP contribution in [0.2, 0.25) is 0 Å². The molecule has 2 aliphatic rings. The molecule has 2 fully saturated rings. The van der Waals surface area contributed by atoms with Gasteiger partial charge < -0.3 is 15.3 Å². The topological polar surface area (TPSA) is 35.5 Å². The van der Waals surface area contributed by atoms with E-state index in [1.807, 2.05) is 0 Å². The Morgan fingerprint density at radius 3 is 2.45 bits per heavy atom. The van der Waals surface area contributed by atoms with E-state index in [0.717, 1.165) is 26.1 Å². The monoisotopic (exact) mass is 274 g/mol. The maximum Gasteiger partial charge on any atom is 0.0436 e. The molecule has 20 heavy (non-hydrogen) atoms. The van der Waals surface area contributed by atoms with Gasteiger partial charge in [-0.1, -0.05) is 18.2 Å². The zero-order valence-corrected chi connectivity index (χ0v) is 12.2. The molecule has 0 radical (unpaired) electrons. The number of aliphatic hydroxyl groups excluding tert-OH is 1. The van der Waals surface area contributed by atoms with Crippen molar-refractivity contribution in [3.05, 3.63) is 30.3 Å². The molecule has 110 valence electrons. The highest BCUT2D eigenvalue weighted by molar-refractivity contribution is 5.46. The molecule has 1 heterocycles. The summed E-state index contributed by atoms with van der Waals surface area (Å²) in [6.07, 6.45) is 6.02. The minimum absolute atomic E-state index is 0.341. The number of hydrogen-bond donors (Lipinski definition) is 2. The Kier molecular flexibility index (Phi) is 4.27. The molecule has 1 aromatic rings. The second kappa shape index (κ2) is 6.15. The Balaban J connectivity index is 1.43. The summed E-state index contributed by atoms with van der Waals surface area (Å²) in [6.45, 7) is 3.74. The lowest BCUT2D eigenvalue weighted by Crippen LogP contribution is -2.44. The van der Waals surface area contributed by atoms with Crippen molar-refractivity contribution >= 4 is 5.69 Å². The summed E-state index contributed by atoms with van der Waals surface area (Å²) in [5, 5.41) is 12.8. The Morgan fingerprint density at radius 1 is 1.15 bits per heavy atom. The predicted octanol–water partition coefficient (Wildman–Crippen LogP) is 2.41. The van der Waals surface area contributed by atoms with Gasteiger partial charge in [0.05, 0.1) is 0 Å². The molecule has 0 amide bonds. The summed E-state index contributed by atoms with van der Waals surface area (Å²) < 4.78 is 0. The van der Waals surface area contributed by atoms with Crippen molar-refractivity contribution in [2.24, 2.45) is 5.41 Å². The third kappa shape index (κ3) is 3.33. The molecule has 0 atom stereocenters. The van der Waals surface area contributed by atoms with Crippen LogP contribution in [0.15, 0.2) is 30.3 Å². The van der Waals surface area contributed by atoms with Crippen LogP contribution in [-0.2, 0) is 0 Å². The Bertz CT molecular complexity index is 408. The highest BCUT2D eigenvalue weighted by Crippen LogP contribution is 2.48. The lowest BCUT2D eigenvalue weighted by molar-refractivity contribution is 0.239. The van der Waals surface area contributed by atoms with E-state index in [-0.39, 0.29) is 0 Å². The van der Waals surface area contributed by atoms with Gasteiger partial charge in [0.1, 0.15) is 0 Å². The van der Waals surface area contributed by atoms with E-state index in [9.17, 15) is 0 Å². The summed E-state index contributed by atoms with van der Waals surface area (Å²) in [6, 6.07) is 11.4. The molecule has 0 bridgehead atoms. The van der Waals surface area contributed by atoms with E-state index >= 15 is 0 Å². The average molecular weight is 274 g/mol. The number of nitrogens with one attached hydrogen (secondary N) is 1. The first kappa shape index (κ1) is 13.9. The van der Waals surface area contributed by atoms with E-state index in [1.54, 1.807) is 0 Å². The number of piperidine rings is 1. The number of anilines is 1. The molecule has 3 heteroatoms. The summed E-state index contributed by atoms with van der Waals surface area (Å²) in [4.78, 5) is 2.48. The smallest absolute Gasteiger partial charge is 0.0436 e. The van der Waals surface area contributed by atoms with Crippen LogP contribution in [0.4, 0.5) is 5.69 Å². The van der Waals surface area contributed by atoms with E-state index in [1.165, 1.54) is 31.4 Å². The summed E-state index contributed by atoms with van der Waals surface area (Å²) in [7, 11) is 0.